The number of anilines is 1. The van der Waals surface area contributed by atoms with Gasteiger partial charge in [0.05, 0.1) is 0 Å². The van der Waals surface area contributed by atoms with Gasteiger partial charge in [0.25, 0.3) is 0 Å². The Balaban J connectivity index is 2.01. The van der Waals surface area contributed by atoms with Gasteiger partial charge in [0.2, 0.25) is 0 Å². The van der Waals surface area contributed by atoms with Crippen LogP contribution in [-0.2, 0) is 0 Å². The molecule has 2 rings (SSSR count). The highest BCUT2D eigenvalue weighted by Gasteiger charge is 2.02. The van der Waals surface area contributed by atoms with Crippen LogP contribution in [0.1, 0.15) is 18.4 Å². The molecule has 1 aromatic rings. The lowest BCUT2D eigenvalue weighted by molar-refractivity contribution is 0.352. The monoisotopic (exact) mass is 215 g/mol. The zero-order valence-corrected chi connectivity index (χ0v) is 9.57. The average Bonchev–Trinajstić information content (AvgIpc) is 2.32. The number of benzene rings is 1. The zero-order chi connectivity index (χ0) is 11.4. The molecule has 1 aliphatic rings. The third-order valence-electron chi connectivity index (χ3n) is 2.68. The molecule has 0 atom stereocenters. The number of hydrogen-bond acceptors (Lipinski definition) is 2. The molecule has 0 saturated heterocycles. The van der Waals surface area contributed by atoms with Crippen molar-refractivity contribution in [1.82, 2.24) is 0 Å². The van der Waals surface area contributed by atoms with Gasteiger partial charge in [-0.05, 0) is 37.0 Å². The van der Waals surface area contributed by atoms with E-state index in [0.717, 1.165) is 29.8 Å². The molecule has 2 nitrogen and oxygen atoms in total. The van der Waals surface area contributed by atoms with Crippen LogP contribution in [0.2, 0.25) is 0 Å². The highest BCUT2D eigenvalue weighted by Crippen LogP contribution is 2.22. The molecular weight excluding hydrogens is 198 g/mol. The molecular formula is C14H17NO. The van der Waals surface area contributed by atoms with Crippen molar-refractivity contribution in [2.45, 2.75) is 19.8 Å². The van der Waals surface area contributed by atoms with Gasteiger partial charge in [-0.25, -0.2) is 0 Å². The van der Waals surface area contributed by atoms with Crippen LogP contribution in [0.4, 0.5) is 5.69 Å². The summed E-state index contributed by atoms with van der Waals surface area (Å²) in [4.78, 5) is 0. The first kappa shape index (κ1) is 10.8. The lowest BCUT2D eigenvalue weighted by Crippen LogP contribution is -2.02. The molecule has 0 unspecified atom stereocenters. The van der Waals surface area contributed by atoms with E-state index in [-0.39, 0.29) is 0 Å². The summed E-state index contributed by atoms with van der Waals surface area (Å²) in [5, 5.41) is 0. The lowest BCUT2D eigenvalue weighted by Gasteiger charge is -2.12. The Kier molecular flexibility index (Phi) is 3.30. The van der Waals surface area contributed by atoms with Crippen molar-refractivity contribution >= 4 is 5.69 Å². The van der Waals surface area contributed by atoms with Gasteiger partial charge in [-0.2, -0.15) is 0 Å². The predicted octanol–water partition coefficient (Wildman–Crippen LogP) is 3.23. The van der Waals surface area contributed by atoms with Crippen LogP contribution in [0.15, 0.2) is 42.0 Å². The predicted molar refractivity (Wildman–Crippen MR) is 67.5 cm³/mol. The fourth-order valence-electron chi connectivity index (χ4n) is 1.71. The minimum absolute atomic E-state index is 0.626. The molecule has 16 heavy (non-hydrogen) atoms. The van der Waals surface area contributed by atoms with E-state index in [1.54, 1.807) is 0 Å². The number of nitrogens with two attached hydrogens (primary N) is 1. The summed E-state index contributed by atoms with van der Waals surface area (Å²) in [5.74, 6) is 0.875. The van der Waals surface area contributed by atoms with Crippen LogP contribution < -0.4 is 10.5 Å². The van der Waals surface area contributed by atoms with Gasteiger partial charge >= 0.3 is 0 Å². The van der Waals surface area contributed by atoms with Crippen molar-refractivity contribution in [3.63, 3.8) is 0 Å². The molecule has 0 heterocycles. The van der Waals surface area contributed by atoms with Crippen molar-refractivity contribution in [3.05, 3.63) is 47.6 Å². The number of rotatable bonds is 3. The van der Waals surface area contributed by atoms with Crippen LogP contribution in [0, 0.1) is 6.92 Å². The van der Waals surface area contributed by atoms with Gasteiger partial charge in [0.1, 0.15) is 12.4 Å². The normalized spacial score (nSPS) is 14.7. The molecule has 0 fully saturated rings. The SMILES string of the molecule is Cc1ccc(N)cc1OCC1=CCCC=C1. The van der Waals surface area contributed by atoms with Crippen LogP contribution in [-0.4, -0.2) is 6.61 Å². The first-order valence-electron chi connectivity index (χ1n) is 5.60. The fraction of sp³-hybridized carbons (Fsp3) is 0.286. The largest absolute Gasteiger partial charge is 0.489 e. The minimum atomic E-state index is 0.626. The number of allylic oxidation sites excluding steroid dienone is 2. The topological polar surface area (TPSA) is 35.2 Å². The molecule has 0 aromatic heterocycles. The van der Waals surface area contributed by atoms with Gasteiger partial charge in [-0.15, -0.1) is 0 Å². The first-order valence-corrected chi connectivity index (χ1v) is 5.60. The maximum absolute atomic E-state index is 5.76. The smallest absolute Gasteiger partial charge is 0.124 e. The van der Waals surface area contributed by atoms with Gasteiger partial charge in [-0.3, -0.25) is 0 Å². The van der Waals surface area contributed by atoms with Crippen molar-refractivity contribution in [2.75, 3.05) is 12.3 Å². The van der Waals surface area contributed by atoms with Crippen LogP contribution >= 0.6 is 0 Å². The summed E-state index contributed by atoms with van der Waals surface area (Å²) in [7, 11) is 0. The molecule has 2 N–H and O–H groups in total. The summed E-state index contributed by atoms with van der Waals surface area (Å²) < 4.78 is 5.76. The summed E-state index contributed by atoms with van der Waals surface area (Å²) in [6.45, 7) is 2.65. The van der Waals surface area contributed by atoms with E-state index in [9.17, 15) is 0 Å². The van der Waals surface area contributed by atoms with E-state index >= 15 is 0 Å². The third kappa shape index (κ3) is 2.66. The quantitative estimate of drug-likeness (QED) is 0.786. The van der Waals surface area contributed by atoms with Crippen LogP contribution in [0.3, 0.4) is 0 Å². The lowest BCUT2D eigenvalue weighted by atomic mass is 10.1. The van der Waals surface area contributed by atoms with Crippen LogP contribution in [0.5, 0.6) is 5.75 Å². The van der Waals surface area contributed by atoms with E-state index < -0.39 is 0 Å². The Morgan fingerprint density at radius 2 is 2.19 bits per heavy atom. The van der Waals surface area contributed by atoms with Crippen molar-refractivity contribution < 1.29 is 4.74 Å². The Morgan fingerprint density at radius 1 is 1.31 bits per heavy atom. The second-order valence-electron chi connectivity index (χ2n) is 4.07. The molecule has 0 radical (unpaired) electrons. The van der Waals surface area contributed by atoms with Gasteiger partial charge < -0.3 is 10.5 Å². The molecule has 84 valence electrons. The molecule has 1 aromatic carbocycles. The number of hydrogen-bond donors (Lipinski definition) is 1. The number of ether oxygens (including phenoxy) is 1. The van der Waals surface area contributed by atoms with Crippen molar-refractivity contribution in [1.29, 1.82) is 0 Å². The highest BCUT2D eigenvalue weighted by atomic mass is 16.5. The second kappa shape index (κ2) is 4.88. The molecule has 0 spiro atoms. The average molecular weight is 215 g/mol. The molecule has 1 aliphatic carbocycles. The van der Waals surface area contributed by atoms with E-state index in [1.807, 2.05) is 25.1 Å². The first-order chi connectivity index (χ1) is 7.75. The fourth-order valence-corrected chi connectivity index (χ4v) is 1.71. The Labute approximate surface area is 96.4 Å². The van der Waals surface area contributed by atoms with Gasteiger partial charge in [-0.1, -0.05) is 24.3 Å². The standard InChI is InChI=1S/C14H17NO/c1-11-7-8-13(15)9-14(11)16-10-12-5-3-2-4-6-12/h3,5-9H,2,4,10,15H2,1H3. The second-order valence-corrected chi connectivity index (χ2v) is 4.07. The van der Waals surface area contributed by atoms with Crippen molar-refractivity contribution in [2.24, 2.45) is 0 Å². The summed E-state index contributed by atoms with van der Waals surface area (Å²) in [5.41, 5.74) is 8.84. The van der Waals surface area contributed by atoms with Gasteiger partial charge in [0.15, 0.2) is 0 Å². The third-order valence-corrected chi connectivity index (χ3v) is 2.68. The highest BCUT2D eigenvalue weighted by molar-refractivity contribution is 5.48. The van der Waals surface area contributed by atoms with E-state index in [4.69, 9.17) is 10.5 Å². The molecule has 0 amide bonds. The van der Waals surface area contributed by atoms with E-state index in [2.05, 4.69) is 18.2 Å². The molecule has 0 bridgehead atoms. The summed E-state index contributed by atoms with van der Waals surface area (Å²) in [6.07, 6.45) is 8.80. The Morgan fingerprint density at radius 3 is 2.94 bits per heavy atom. The molecule has 0 saturated carbocycles. The molecule has 2 heteroatoms. The zero-order valence-electron chi connectivity index (χ0n) is 9.57. The molecule has 0 aliphatic heterocycles. The number of aryl methyl sites for hydroxylation is 1. The maximum Gasteiger partial charge on any atom is 0.124 e. The maximum atomic E-state index is 5.76. The summed E-state index contributed by atoms with van der Waals surface area (Å²) >= 11 is 0. The van der Waals surface area contributed by atoms with Crippen molar-refractivity contribution in [3.8, 4) is 5.75 Å². The van der Waals surface area contributed by atoms with Gasteiger partial charge in [0, 0.05) is 11.8 Å². The number of nitrogen functional groups attached to an aromatic ring is 1. The Hall–Kier alpha value is -1.70. The van der Waals surface area contributed by atoms with Crippen LogP contribution in [0.25, 0.3) is 0 Å². The Bertz CT molecular complexity index is 432. The minimum Gasteiger partial charge on any atom is -0.489 e. The van der Waals surface area contributed by atoms with E-state index in [1.165, 1.54) is 5.57 Å². The summed E-state index contributed by atoms with van der Waals surface area (Å²) in [6, 6.07) is 5.75. The van der Waals surface area contributed by atoms with E-state index in [0.29, 0.717) is 6.61 Å².